The van der Waals surface area contributed by atoms with Gasteiger partial charge in [0.25, 0.3) is 0 Å². The third-order valence-corrected chi connectivity index (χ3v) is 1.34. The molecule has 1 rings (SSSR count). The lowest BCUT2D eigenvalue weighted by molar-refractivity contribution is 0.442. The van der Waals surface area contributed by atoms with Crippen molar-refractivity contribution in [1.29, 1.82) is 0 Å². The van der Waals surface area contributed by atoms with Crippen LogP contribution >= 0.6 is 11.6 Å². The van der Waals surface area contributed by atoms with E-state index in [-0.39, 0.29) is 11.5 Å². The van der Waals surface area contributed by atoms with E-state index in [0.717, 1.165) is 0 Å². The van der Waals surface area contributed by atoms with Gasteiger partial charge in [0.1, 0.15) is 5.50 Å². The molecule has 0 bridgehead atoms. The highest BCUT2D eigenvalue weighted by molar-refractivity contribution is 6.22. The summed E-state index contributed by atoms with van der Waals surface area (Å²) in [5, 5.41) is 1.18. The maximum Gasteiger partial charge on any atom is 0.212 e. The number of hydrogen-bond donors (Lipinski definition) is 2. The lowest BCUT2D eigenvalue weighted by atomic mass is 10.5. The first-order valence-electron chi connectivity index (χ1n) is 2.40. The van der Waals surface area contributed by atoms with Gasteiger partial charge < -0.3 is 5.73 Å². The van der Waals surface area contributed by atoms with E-state index in [9.17, 15) is 0 Å². The molecule has 0 saturated carbocycles. The molecule has 0 amide bonds. The molecule has 1 aliphatic heterocycles. The predicted molar refractivity (Wildman–Crippen MR) is 36.4 cm³/mol. The van der Waals surface area contributed by atoms with Gasteiger partial charge in [-0.1, -0.05) is 11.6 Å². The van der Waals surface area contributed by atoms with Crippen LogP contribution in [0.3, 0.4) is 0 Å². The Bertz CT molecular complexity index is 164. The Morgan fingerprint density at radius 3 is 2.89 bits per heavy atom. The van der Waals surface area contributed by atoms with E-state index < -0.39 is 0 Å². The molecule has 4 N–H and O–H groups in total. The number of rotatable bonds is 0. The SMILES string of the molecule is NC1=NC=CC(Cl)N1N. The minimum atomic E-state index is -0.373. The molecule has 1 unspecified atom stereocenters. The van der Waals surface area contributed by atoms with Crippen LogP contribution in [0, 0.1) is 0 Å². The van der Waals surface area contributed by atoms with Crippen LogP contribution in [0.1, 0.15) is 0 Å². The van der Waals surface area contributed by atoms with Gasteiger partial charge in [0.2, 0.25) is 5.96 Å². The van der Waals surface area contributed by atoms with Gasteiger partial charge in [-0.2, -0.15) is 0 Å². The van der Waals surface area contributed by atoms with Gasteiger partial charge in [0, 0.05) is 6.20 Å². The quantitative estimate of drug-likeness (QED) is 0.277. The first-order chi connectivity index (χ1) is 4.22. The molecule has 1 aliphatic rings. The van der Waals surface area contributed by atoms with Crippen LogP contribution in [0.4, 0.5) is 0 Å². The van der Waals surface area contributed by atoms with Crippen molar-refractivity contribution in [1.82, 2.24) is 5.01 Å². The van der Waals surface area contributed by atoms with Crippen molar-refractivity contribution in [3.05, 3.63) is 12.3 Å². The molecule has 5 heteroatoms. The highest BCUT2D eigenvalue weighted by Gasteiger charge is 2.12. The first-order valence-corrected chi connectivity index (χ1v) is 2.83. The van der Waals surface area contributed by atoms with Crippen molar-refractivity contribution < 1.29 is 0 Å². The number of hydrazine groups is 1. The van der Waals surface area contributed by atoms with Crippen molar-refractivity contribution in [3.8, 4) is 0 Å². The van der Waals surface area contributed by atoms with Crippen LogP contribution in [0.2, 0.25) is 0 Å². The summed E-state index contributed by atoms with van der Waals surface area (Å²) < 4.78 is 0. The zero-order valence-corrected chi connectivity index (χ0v) is 5.42. The topological polar surface area (TPSA) is 67.6 Å². The number of aliphatic imine (C=N–C) groups is 1. The lowest BCUT2D eigenvalue weighted by Crippen LogP contribution is -2.47. The van der Waals surface area contributed by atoms with E-state index in [1.165, 1.54) is 11.2 Å². The Labute approximate surface area is 57.7 Å². The van der Waals surface area contributed by atoms with Gasteiger partial charge in [0.15, 0.2) is 0 Å². The summed E-state index contributed by atoms with van der Waals surface area (Å²) in [5.74, 6) is 5.55. The van der Waals surface area contributed by atoms with Crippen LogP contribution < -0.4 is 11.6 Å². The minimum absolute atomic E-state index is 0.234. The maximum atomic E-state index is 5.62. The Hall–Kier alpha value is -0.740. The third-order valence-electron chi connectivity index (χ3n) is 0.982. The van der Waals surface area contributed by atoms with Gasteiger partial charge in [0.05, 0.1) is 0 Å². The van der Waals surface area contributed by atoms with E-state index >= 15 is 0 Å². The predicted octanol–water partition coefficient (Wildman–Crippen LogP) is -0.431. The van der Waals surface area contributed by atoms with E-state index in [2.05, 4.69) is 4.99 Å². The van der Waals surface area contributed by atoms with Gasteiger partial charge >= 0.3 is 0 Å². The number of nitrogens with two attached hydrogens (primary N) is 2. The summed E-state index contributed by atoms with van der Waals surface area (Å²) in [6.07, 6.45) is 3.16. The smallest absolute Gasteiger partial charge is 0.212 e. The molecule has 1 heterocycles. The fourth-order valence-electron chi connectivity index (χ4n) is 0.476. The molecule has 0 aliphatic carbocycles. The monoisotopic (exact) mass is 146 g/mol. The maximum absolute atomic E-state index is 5.62. The highest BCUT2D eigenvalue weighted by atomic mass is 35.5. The molecule has 0 aromatic heterocycles. The summed E-state index contributed by atoms with van der Waals surface area (Å²) in [5.41, 5.74) is 4.91. The Kier molecular flexibility index (Phi) is 1.59. The molecule has 0 fully saturated rings. The van der Waals surface area contributed by atoms with Crippen LogP contribution in [-0.2, 0) is 0 Å². The summed E-state index contributed by atoms with van der Waals surface area (Å²) in [4.78, 5) is 3.69. The molecule has 9 heavy (non-hydrogen) atoms. The largest absolute Gasteiger partial charge is 0.368 e. The highest BCUT2D eigenvalue weighted by Crippen LogP contribution is 2.05. The molecular formula is C4H7ClN4. The van der Waals surface area contributed by atoms with Crippen molar-refractivity contribution in [2.45, 2.75) is 5.50 Å². The summed E-state index contributed by atoms with van der Waals surface area (Å²) in [6, 6.07) is 0. The molecule has 0 aromatic rings. The second-order valence-corrected chi connectivity index (χ2v) is 2.06. The minimum Gasteiger partial charge on any atom is -0.368 e. The normalized spacial score (nSPS) is 26.2. The molecule has 0 radical (unpaired) electrons. The molecule has 0 aromatic carbocycles. The molecule has 0 spiro atoms. The second-order valence-electron chi connectivity index (χ2n) is 1.61. The fourth-order valence-corrected chi connectivity index (χ4v) is 0.641. The molecular weight excluding hydrogens is 140 g/mol. The average Bonchev–Trinajstić information content (AvgIpc) is 1.83. The van der Waals surface area contributed by atoms with Crippen LogP contribution in [-0.4, -0.2) is 16.5 Å². The van der Waals surface area contributed by atoms with Gasteiger partial charge in [-0.05, 0) is 6.08 Å². The van der Waals surface area contributed by atoms with E-state index in [1.54, 1.807) is 6.08 Å². The third kappa shape index (κ3) is 1.14. The zero-order valence-electron chi connectivity index (χ0n) is 4.66. The van der Waals surface area contributed by atoms with Crippen molar-refractivity contribution in [2.24, 2.45) is 16.6 Å². The standard InChI is InChI=1S/C4H7ClN4/c5-3-1-2-8-4(6)9(3)7/h1-3H,7H2,(H2,6,8). The number of halogens is 1. The summed E-state index contributed by atoms with van der Waals surface area (Å²) in [7, 11) is 0. The summed E-state index contributed by atoms with van der Waals surface area (Å²) in [6.45, 7) is 0. The first kappa shape index (κ1) is 6.38. The number of nitrogens with zero attached hydrogens (tertiary/aromatic N) is 2. The summed E-state index contributed by atoms with van der Waals surface area (Å²) >= 11 is 5.62. The fraction of sp³-hybridized carbons (Fsp3) is 0.250. The van der Waals surface area contributed by atoms with Crippen molar-refractivity contribution >= 4 is 17.6 Å². The Morgan fingerprint density at radius 2 is 2.44 bits per heavy atom. The Balaban J connectivity index is 2.73. The molecule has 1 atom stereocenters. The zero-order chi connectivity index (χ0) is 6.85. The van der Waals surface area contributed by atoms with Crippen LogP contribution in [0.25, 0.3) is 0 Å². The average molecular weight is 147 g/mol. The number of hydrogen-bond acceptors (Lipinski definition) is 4. The van der Waals surface area contributed by atoms with Crippen LogP contribution in [0.5, 0.6) is 0 Å². The van der Waals surface area contributed by atoms with Crippen LogP contribution in [0.15, 0.2) is 17.3 Å². The van der Waals surface area contributed by atoms with E-state index in [1.807, 2.05) is 0 Å². The van der Waals surface area contributed by atoms with Gasteiger partial charge in [-0.3, -0.25) is 5.01 Å². The molecule has 50 valence electrons. The van der Waals surface area contributed by atoms with Crippen molar-refractivity contribution in [2.75, 3.05) is 0 Å². The number of guanidine groups is 1. The van der Waals surface area contributed by atoms with E-state index in [0.29, 0.717) is 0 Å². The van der Waals surface area contributed by atoms with Gasteiger partial charge in [-0.25, -0.2) is 10.8 Å². The second kappa shape index (κ2) is 2.24. The molecule has 4 nitrogen and oxygen atoms in total. The van der Waals surface area contributed by atoms with Gasteiger partial charge in [-0.15, -0.1) is 0 Å². The van der Waals surface area contributed by atoms with Crippen molar-refractivity contribution in [3.63, 3.8) is 0 Å². The lowest BCUT2D eigenvalue weighted by Gasteiger charge is -2.22. The Morgan fingerprint density at radius 1 is 1.78 bits per heavy atom. The van der Waals surface area contributed by atoms with E-state index in [4.69, 9.17) is 23.2 Å². The number of alkyl halides is 1. The molecule has 0 saturated heterocycles.